The van der Waals surface area contributed by atoms with Gasteiger partial charge < -0.3 is 0 Å². The van der Waals surface area contributed by atoms with Crippen molar-refractivity contribution in [1.82, 2.24) is 0 Å². The number of unbranched alkanes of at least 4 members (excludes halogenated alkanes) is 12. The number of rotatable bonds is 42. The summed E-state index contributed by atoms with van der Waals surface area (Å²) in [6.45, 7) is 17.7. The third-order valence-corrected chi connectivity index (χ3v) is 35.0. The summed E-state index contributed by atoms with van der Waals surface area (Å²) in [5.41, 5.74) is 0.918. The van der Waals surface area contributed by atoms with Crippen LogP contribution in [-0.2, 0) is 13.6 Å². The second kappa shape index (κ2) is 32.0. The molecule has 6 nitrogen and oxygen atoms in total. The van der Waals surface area contributed by atoms with Gasteiger partial charge in [-0.1, -0.05) is 0 Å². The van der Waals surface area contributed by atoms with Crippen LogP contribution in [0.25, 0.3) is 0 Å². The van der Waals surface area contributed by atoms with E-state index in [2.05, 4.69) is 83.1 Å². The third-order valence-electron chi connectivity index (χ3n) is 15.6. The van der Waals surface area contributed by atoms with Crippen molar-refractivity contribution in [2.75, 3.05) is 73.9 Å². The minimum atomic E-state index is -3.07. The SMILES string of the molecule is CCCCP(CCCC)(CCCC)(CCCC)OC(=O)c1cc(C(=O)OP(CCCC)(CCCC)(CCCC)CCCC)cc(C(=O)OP(CCCC)(CCCC)(CCCC)CCCC)c1. The van der Waals surface area contributed by atoms with Crippen LogP contribution in [0.3, 0.4) is 0 Å². The quantitative estimate of drug-likeness (QED) is 0.0607. The van der Waals surface area contributed by atoms with Gasteiger partial charge in [-0.3, -0.25) is 0 Å². The molecule has 390 valence electrons. The van der Waals surface area contributed by atoms with Crippen LogP contribution in [-0.4, -0.2) is 91.9 Å². The summed E-state index contributed by atoms with van der Waals surface area (Å²) in [7, 11) is 0. The average Bonchev–Trinajstić information content (AvgIpc) is 3.34. The molecule has 0 radical (unpaired) electrons. The molecule has 0 spiro atoms. The Labute approximate surface area is 410 Å². The summed E-state index contributed by atoms with van der Waals surface area (Å²) in [5.74, 6) is -1.10. The van der Waals surface area contributed by atoms with Gasteiger partial charge in [0, 0.05) is 0 Å². The van der Waals surface area contributed by atoms with Crippen molar-refractivity contribution in [2.45, 2.75) is 237 Å². The molecule has 0 atom stereocenters. The van der Waals surface area contributed by atoms with E-state index in [0.29, 0.717) is 16.7 Å². The second-order valence-electron chi connectivity index (χ2n) is 21.4. The summed E-state index contributed by atoms with van der Waals surface area (Å²) in [5, 5.41) is 0. The molecule has 1 aromatic rings. The van der Waals surface area contributed by atoms with Crippen LogP contribution in [0.15, 0.2) is 18.2 Å². The summed E-state index contributed by atoms with van der Waals surface area (Å²) < 4.78 is 22.1. The first-order valence-corrected chi connectivity index (χ1v) is 37.2. The van der Waals surface area contributed by atoms with Crippen LogP contribution in [0, 0.1) is 0 Å². The molecule has 0 heterocycles. The number of benzene rings is 1. The molecule has 9 heteroatoms. The van der Waals surface area contributed by atoms with Gasteiger partial charge in [0.05, 0.1) is 0 Å². The Bertz CT molecular complexity index is 1210. The zero-order valence-corrected chi connectivity index (χ0v) is 48.7. The van der Waals surface area contributed by atoms with Gasteiger partial charge in [0.15, 0.2) is 0 Å². The van der Waals surface area contributed by atoms with Gasteiger partial charge in [0.25, 0.3) is 0 Å². The van der Waals surface area contributed by atoms with Crippen molar-refractivity contribution in [1.29, 1.82) is 0 Å². The Morgan fingerprint density at radius 2 is 0.394 bits per heavy atom. The maximum absolute atomic E-state index is 15.4. The van der Waals surface area contributed by atoms with Crippen molar-refractivity contribution in [3.05, 3.63) is 34.9 Å². The molecule has 0 saturated heterocycles. The van der Waals surface area contributed by atoms with Gasteiger partial charge in [-0.05, 0) is 0 Å². The van der Waals surface area contributed by atoms with E-state index in [-0.39, 0.29) is 17.9 Å². The fraction of sp³-hybridized carbons (Fsp3) is 0.842. The van der Waals surface area contributed by atoms with E-state index in [1.807, 2.05) is 0 Å². The molecule has 0 aliphatic rings. The van der Waals surface area contributed by atoms with Crippen molar-refractivity contribution in [2.24, 2.45) is 0 Å². The Hall–Kier alpha value is -1.08. The summed E-state index contributed by atoms with van der Waals surface area (Å²) in [6, 6.07) is 5.25. The van der Waals surface area contributed by atoms with E-state index in [4.69, 9.17) is 13.6 Å². The van der Waals surface area contributed by atoms with Crippen LogP contribution in [0.2, 0.25) is 0 Å². The van der Waals surface area contributed by atoms with E-state index >= 15 is 14.4 Å². The standard InChI is InChI=1S/C57H111O6P3/c1-13-25-37-64(38-26-14-2,39-27-15-3,40-28-16-4)61-55(58)52-49-53(56(59)62-65(41-29-17-5,42-30-18-6,43-31-19-7)44-32-20-8)51-54(50-52)57(60)63-66(45-33-21-9,46-34-22-10,47-35-23-11)48-36-24-12/h49-51H,13-48H2,1-12H3. The van der Waals surface area contributed by atoms with Gasteiger partial charge >= 0.3 is 412 Å². The van der Waals surface area contributed by atoms with Crippen LogP contribution >= 0.6 is 20.5 Å². The molecule has 0 N–H and O–H groups in total. The van der Waals surface area contributed by atoms with E-state index in [9.17, 15) is 0 Å². The topological polar surface area (TPSA) is 78.9 Å². The molecule has 66 heavy (non-hydrogen) atoms. The Balaban J connectivity index is 4.50. The molecule has 0 fully saturated rings. The number of hydrogen-bond donors (Lipinski definition) is 0. The third kappa shape index (κ3) is 18.9. The summed E-state index contributed by atoms with van der Waals surface area (Å²) >= 11 is 0. The zero-order chi connectivity index (χ0) is 49.5. The first-order valence-electron chi connectivity index (χ1n) is 28.5. The second-order valence-corrected chi connectivity index (χ2v) is 38.5. The molecular weight excluding hydrogens is 874 g/mol. The zero-order valence-electron chi connectivity index (χ0n) is 46.0. The molecule has 0 saturated carbocycles. The first-order chi connectivity index (χ1) is 31.6. The summed E-state index contributed by atoms with van der Waals surface area (Å²) in [6.07, 6.45) is 36.3. The van der Waals surface area contributed by atoms with Crippen molar-refractivity contribution in [3.63, 3.8) is 0 Å². The van der Waals surface area contributed by atoms with Crippen LogP contribution in [0.1, 0.15) is 268 Å². The molecule has 0 aromatic heterocycles. The van der Waals surface area contributed by atoms with Crippen molar-refractivity contribution >= 4 is 38.4 Å². The molecule has 1 aromatic carbocycles. The molecule has 0 aliphatic carbocycles. The molecule has 0 unspecified atom stereocenters. The normalized spacial score (nSPS) is 14.1. The molecule has 1 rings (SSSR count). The molecule has 0 aliphatic heterocycles. The molecular formula is C57H111O6P3. The minimum absolute atomic E-state index is 0.306. The Kier molecular flexibility index (Phi) is 30.5. The van der Waals surface area contributed by atoms with Gasteiger partial charge in [0.1, 0.15) is 0 Å². The van der Waals surface area contributed by atoms with E-state index in [1.165, 1.54) is 0 Å². The summed E-state index contributed by atoms with van der Waals surface area (Å²) in [4.78, 5) is 46.3. The van der Waals surface area contributed by atoms with Crippen molar-refractivity contribution < 1.29 is 28.0 Å². The van der Waals surface area contributed by atoms with E-state index in [0.717, 1.165) is 228 Å². The van der Waals surface area contributed by atoms with Gasteiger partial charge in [-0.2, -0.15) is 0 Å². The predicted octanol–water partition coefficient (Wildman–Crippen LogP) is 19.2. The van der Waals surface area contributed by atoms with Crippen molar-refractivity contribution in [3.8, 4) is 0 Å². The molecule has 0 amide bonds. The number of carbonyl (C=O) groups is 3. The number of hydrogen-bond acceptors (Lipinski definition) is 6. The van der Waals surface area contributed by atoms with Gasteiger partial charge in [-0.15, -0.1) is 0 Å². The van der Waals surface area contributed by atoms with Crippen LogP contribution in [0.5, 0.6) is 0 Å². The fourth-order valence-corrected chi connectivity index (χ4v) is 31.3. The Morgan fingerprint density at radius 3 is 0.500 bits per heavy atom. The van der Waals surface area contributed by atoms with Crippen LogP contribution < -0.4 is 0 Å². The van der Waals surface area contributed by atoms with Gasteiger partial charge in [-0.25, -0.2) is 0 Å². The molecule has 0 bridgehead atoms. The van der Waals surface area contributed by atoms with Gasteiger partial charge in [0.2, 0.25) is 0 Å². The van der Waals surface area contributed by atoms with Crippen LogP contribution in [0.4, 0.5) is 0 Å². The monoisotopic (exact) mass is 985 g/mol. The average molecular weight is 985 g/mol. The van der Waals surface area contributed by atoms with E-state index < -0.39 is 20.5 Å². The predicted molar refractivity (Wildman–Crippen MR) is 301 cm³/mol. The first kappa shape index (κ1) is 62.9. The Morgan fingerprint density at radius 1 is 0.273 bits per heavy atom. The number of carbonyl (C=O) groups excluding carboxylic acids is 3. The van der Waals surface area contributed by atoms with E-state index in [1.54, 1.807) is 18.2 Å². The fourth-order valence-electron chi connectivity index (χ4n) is 11.1. The maximum atomic E-state index is 15.4.